The highest BCUT2D eigenvalue weighted by molar-refractivity contribution is 5.98. The van der Waals surface area contributed by atoms with Gasteiger partial charge < -0.3 is 25.6 Å². The lowest BCUT2D eigenvalue weighted by Gasteiger charge is -2.31. The summed E-state index contributed by atoms with van der Waals surface area (Å²) in [6.07, 6.45) is 2.81. The van der Waals surface area contributed by atoms with Gasteiger partial charge in [0.25, 0.3) is 5.91 Å². The number of amides is 3. The van der Waals surface area contributed by atoms with E-state index < -0.39 is 6.04 Å². The number of ether oxygens (including phenoxy) is 1. The number of carbonyl (C=O) groups is 3. The number of benzene rings is 1. The second-order valence-corrected chi connectivity index (χ2v) is 9.94. The van der Waals surface area contributed by atoms with Gasteiger partial charge in [0.05, 0.1) is 13.2 Å². The molecule has 0 radical (unpaired) electrons. The molecule has 2 unspecified atom stereocenters. The summed E-state index contributed by atoms with van der Waals surface area (Å²) in [5.41, 5.74) is 5.88. The normalized spacial score (nSPS) is 20.7. The van der Waals surface area contributed by atoms with E-state index in [0.29, 0.717) is 43.8 Å². The average molecular weight is 445 g/mol. The van der Waals surface area contributed by atoms with E-state index in [1.807, 2.05) is 25.7 Å². The van der Waals surface area contributed by atoms with Crippen LogP contribution in [0.15, 0.2) is 24.3 Å². The molecule has 3 N–H and O–H groups in total. The third-order valence-corrected chi connectivity index (χ3v) is 5.91. The topological polar surface area (TPSA) is 105 Å². The smallest absolute Gasteiger partial charge is 0.254 e. The summed E-state index contributed by atoms with van der Waals surface area (Å²) in [5, 5.41) is 2.82. The lowest BCUT2D eigenvalue weighted by molar-refractivity contribution is -0.136. The van der Waals surface area contributed by atoms with Crippen LogP contribution in [-0.2, 0) is 9.59 Å². The molecule has 8 heteroatoms. The van der Waals surface area contributed by atoms with Crippen molar-refractivity contribution in [3.8, 4) is 5.75 Å². The Bertz CT molecular complexity index is 847. The minimum Gasteiger partial charge on any atom is -0.497 e. The molecule has 0 aromatic heterocycles. The van der Waals surface area contributed by atoms with Gasteiger partial charge in [-0.2, -0.15) is 0 Å². The maximum Gasteiger partial charge on any atom is 0.254 e. The summed E-state index contributed by atoms with van der Waals surface area (Å²) in [6, 6.07) is 6.30. The van der Waals surface area contributed by atoms with Gasteiger partial charge in [-0.15, -0.1) is 0 Å². The quantitative estimate of drug-likeness (QED) is 0.636. The van der Waals surface area contributed by atoms with Crippen LogP contribution in [0, 0.1) is 5.41 Å². The van der Waals surface area contributed by atoms with Crippen molar-refractivity contribution in [1.82, 2.24) is 15.1 Å². The molecule has 2 aliphatic rings. The number of carbonyl (C=O) groups excluding carboxylic acids is 3. The van der Waals surface area contributed by atoms with Gasteiger partial charge in [-0.1, -0.05) is 26.8 Å². The summed E-state index contributed by atoms with van der Waals surface area (Å²) >= 11 is 0. The minimum atomic E-state index is -0.645. The third-order valence-electron chi connectivity index (χ3n) is 5.91. The van der Waals surface area contributed by atoms with Crippen molar-refractivity contribution in [3.05, 3.63) is 29.8 Å². The highest BCUT2D eigenvalue weighted by Crippen LogP contribution is 2.36. The van der Waals surface area contributed by atoms with Crippen molar-refractivity contribution >= 4 is 17.7 Å². The molecular formula is C24H36N4O4. The molecule has 0 bridgehead atoms. The zero-order chi connectivity index (χ0) is 23.5. The molecule has 3 rings (SSSR count). The third kappa shape index (κ3) is 5.79. The zero-order valence-corrected chi connectivity index (χ0v) is 19.6. The second-order valence-electron chi connectivity index (χ2n) is 9.94. The van der Waals surface area contributed by atoms with Crippen molar-refractivity contribution in [2.45, 2.75) is 64.6 Å². The Balaban J connectivity index is 1.86. The van der Waals surface area contributed by atoms with Crippen molar-refractivity contribution in [3.63, 3.8) is 0 Å². The molecule has 1 aliphatic heterocycles. The van der Waals surface area contributed by atoms with Crippen molar-refractivity contribution < 1.29 is 19.1 Å². The van der Waals surface area contributed by atoms with Crippen LogP contribution in [0.5, 0.6) is 5.75 Å². The van der Waals surface area contributed by atoms with E-state index in [4.69, 9.17) is 10.5 Å². The Morgan fingerprint density at radius 1 is 1.22 bits per heavy atom. The first-order valence-electron chi connectivity index (χ1n) is 11.4. The van der Waals surface area contributed by atoms with Gasteiger partial charge in [-0.25, -0.2) is 0 Å². The van der Waals surface area contributed by atoms with E-state index >= 15 is 0 Å². The molecule has 1 saturated carbocycles. The van der Waals surface area contributed by atoms with Crippen molar-refractivity contribution in [2.75, 3.05) is 26.7 Å². The number of nitrogens with one attached hydrogen (secondary N) is 1. The number of rotatable bonds is 8. The van der Waals surface area contributed by atoms with Gasteiger partial charge in [0.15, 0.2) is 0 Å². The molecule has 1 heterocycles. The van der Waals surface area contributed by atoms with Gasteiger partial charge in [0, 0.05) is 37.7 Å². The van der Waals surface area contributed by atoms with Gasteiger partial charge in [-0.3, -0.25) is 14.4 Å². The molecule has 0 spiro atoms. The van der Waals surface area contributed by atoms with Crippen LogP contribution < -0.4 is 15.8 Å². The Hall–Kier alpha value is -2.61. The van der Waals surface area contributed by atoms with Gasteiger partial charge >= 0.3 is 0 Å². The predicted octanol–water partition coefficient (Wildman–Crippen LogP) is 1.78. The molecule has 8 nitrogen and oxygen atoms in total. The maximum absolute atomic E-state index is 13.4. The van der Waals surface area contributed by atoms with E-state index in [9.17, 15) is 14.4 Å². The highest BCUT2D eigenvalue weighted by Gasteiger charge is 2.47. The summed E-state index contributed by atoms with van der Waals surface area (Å²) in [7, 11) is 1.55. The molecule has 2 fully saturated rings. The number of likely N-dealkylation sites (tertiary alicyclic amines) is 1. The fourth-order valence-corrected chi connectivity index (χ4v) is 4.33. The molecule has 176 valence electrons. The lowest BCUT2D eigenvalue weighted by atomic mass is 9.91. The predicted molar refractivity (Wildman–Crippen MR) is 122 cm³/mol. The fourth-order valence-electron chi connectivity index (χ4n) is 4.33. The van der Waals surface area contributed by atoms with Crippen LogP contribution in [-0.4, -0.2) is 72.4 Å². The summed E-state index contributed by atoms with van der Waals surface area (Å²) in [4.78, 5) is 43.1. The van der Waals surface area contributed by atoms with E-state index in [1.54, 1.807) is 36.3 Å². The van der Waals surface area contributed by atoms with E-state index in [1.165, 1.54) is 0 Å². The number of nitrogens with two attached hydrogens (primary N) is 1. The Labute approximate surface area is 190 Å². The van der Waals surface area contributed by atoms with E-state index in [0.717, 1.165) is 12.8 Å². The largest absolute Gasteiger partial charge is 0.497 e. The SMILES string of the molecule is COc1cccc(C(=O)N2CC(N(C(=O)CC(C)(C)C)C3CC3)CC2C(=O)NCCN)c1. The van der Waals surface area contributed by atoms with Crippen LogP contribution in [0.4, 0.5) is 0 Å². The molecule has 3 amide bonds. The Morgan fingerprint density at radius 3 is 2.53 bits per heavy atom. The standard InChI is InChI=1S/C24H36N4O4/c1-24(2,3)14-21(29)28(17-8-9-17)18-13-20(22(30)26-11-10-25)27(15-18)23(31)16-6-5-7-19(12-16)32-4/h5-7,12,17-18,20H,8-11,13-15,25H2,1-4H3,(H,26,30). The van der Waals surface area contributed by atoms with E-state index in [-0.39, 0.29) is 35.2 Å². The molecule has 2 atom stereocenters. The van der Waals surface area contributed by atoms with Crippen LogP contribution in [0.2, 0.25) is 0 Å². The molecule has 1 saturated heterocycles. The first kappa shape index (κ1) is 24.0. The molecule has 32 heavy (non-hydrogen) atoms. The number of hydrogen-bond acceptors (Lipinski definition) is 5. The summed E-state index contributed by atoms with van der Waals surface area (Å²) < 4.78 is 5.26. The highest BCUT2D eigenvalue weighted by atomic mass is 16.5. The molecular weight excluding hydrogens is 408 g/mol. The number of nitrogens with zero attached hydrogens (tertiary/aromatic N) is 2. The second kappa shape index (κ2) is 9.90. The van der Waals surface area contributed by atoms with Crippen LogP contribution in [0.1, 0.15) is 56.8 Å². The summed E-state index contributed by atoms with van der Waals surface area (Å²) in [5.74, 6) is 0.212. The first-order valence-corrected chi connectivity index (χ1v) is 11.4. The molecule has 1 aromatic rings. The number of methoxy groups -OCH3 is 1. The molecule has 1 aliphatic carbocycles. The van der Waals surface area contributed by atoms with Gasteiger partial charge in [0.1, 0.15) is 11.8 Å². The van der Waals surface area contributed by atoms with Crippen molar-refractivity contribution in [1.29, 1.82) is 0 Å². The van der Waals surface area contributed by atoms with Gasteiger partial charge in [0.2, 0.25) is 11.8 Å². The minimum absolute atomic E-state index is 0.0989. The summed E-state index contributed by atoms with van der Waals surface area (Å²) in [6.45, 7) is 7.15. The maximum atomic E-state index is 13.4. The molecule has 1 aromatic carbocycles. The van der Waals surface area contributed by atoms with Gasteiger partial charge in [-0.05, 0) is 42.9 Å². The average Bonchev–Trinajstić information content (AvgIpc) is 3.47. The first-order chi connectivity index (χ1) is 15.1. The lowest BCUT2D eigenvalue weighted by Crippen LogP contribution is -2.47. The Kier molecular flexibility index (Phi) is 7.44. The Morgan fingerprint density at radius 2 is 1.94 bits per heavy atom. The fraction of sp³-hybridized carbons (Fsp3) is 0.625. The van der Waals surface area contributed by atoms with Crippen LogP contribution in [0.25, 0.3) is 0 Å². The van der Waals surface area contributed by atoms with Crippen molar-refractivity contribution in [2.24, 2.45) is 11.1 Å². The zero-order valence-electron chi connectivity index (χ0n) is 19.6. The van der Waals surface area contributed by atoms with Crippen LogP contribution >= 0.6 is 0 Å². The number of hydrogen-bond donors (Lipinski definition) is 2. The monoisotopic (exact) mass is 444 g/mol. The van der Waals surface area contributed by atoms with E-state index in [2.05, 4.69) is 5.32 Å². The van der Waals surface area contributed by atoms with Crippen LogP contribution in [0.3, 0.4) is 0 Å².